The van der Waals surface area contributed by atoms with Crippen molar-refractivity contribution in [1.82, 2.24) is 9.88 Å². The summed E-state index contributed by atoms with van der Waals surface area (Å²) >= 11 is 0. The van der Waals surface area contributed by atoms with Gasteiger partial charge < -0.3 is 10.5 Å². The van der Waals surface area contributed by atoms with Crippen molar-refractivity contribution in [2.45, 2.75) is 12.6 Å². The van der Waals surface area contributed by atoms with Crippen LogP contribution in [0.15, 0.2) is 18.3 Å². The van der Waals surface area contributed by atoms with Gasteiger partial charge in [0.05, 0.1) is 6.10 Å². The zero-order valence-electron chi connectivity index (χ0n) is 8.31. The topological polar surface area (TPSA) is 51.4 Å². The van der Waals surface area contributed by atoms with Crippen LogP contribution in [-0.4, -0.2) is 36.2 Å². The van der Waals surface area contributed by atoms with Crippen molar-refractivity contribution in [3.63, 3.8) is 0 Å². The fourth-order valence-corrected chi connectivity index (χ4v) is 1.65. The summed E-state index contributed by atoms with van der Waals surface area (Å²) in [7, 11) is 1.76. The average molecular weight is 193 g/mol. The normalized spacial score (nSPS) is 18.1. The van der Waals surface area contributed by atoms with E-state index in [0.29, 0.717) is 11.9 Å². The molecule has 2 rings (SSSR count). The van der Waals surface area contributed by atoms with Gasteiger partial charge in [-0.05, 0) is 17.7 Å². The van der Waals surface area contributed by atoms with Crippen LogP contribution in [0.4, 0.5) is 5.82 Å². The lowest BCUT2D eigenvalue weighted by molar-refractivity contribution is -0.0333. The molecular weight excluding hydrogens is 178 g/mol. The molecule has 0 aromatic carbocycles. The van der Waals surface area contributed by atoms with Crippen molar-refractivity contribution in [1.29, 1.82) is 0 Å². The molecule has 1 fully saturated rings. The number of nitrogens with two attached hydrogens (primary N) is 1. The standard InChI is InChI=1S/C10H15N3O/c1-14-9-6-13(7-9)5-8-2-3-12-10(11)4-8/h2-4,9H,5-7H2,1H3,(H2,11,12). The molecule has 0 spiro atoms. The monoisotopic (exact) mass is 193 g/mol. The molecule has 0 unspecified atom stereocenters. The lowest BCUT2D eigenvalue weighted by Crippen LogP contribution is -2.50. The molecule has 0 saturated carbocycles. The summed E-state index contributed by atoms with van der Waals surface area (Å²) in [6, 6.07) is 3.91. The van der Waals surface area contributed by atoms with Crippen molar-refractivity contribution in [3.8, 4) is 0 Å². The summed E-state index contributed by atoms with van der Waals surface area (Å²) in [6.07, 6.45) is 2.16. The van der Waals surface area contributed by atoms with Gasteiger partial charge in [-0.1, -0.05) is 0 Å². The van der Waals surface area contributed by atoms with Crippen LogP contribution in [0.2, 0.25) is 0 Å². The minimum Gasteiger partial charge on any atom is -0.384 e. The fourth-order valence-electron chi connectivity index (χ4n) is 1.65. The van der Waals surface area contributed by atoms with Gasteiger partial charge >= 0.3 is 0 Å². The Morgan fingerprint density at radius 1 is 1.64 bits per heavy atom. The molecule has 76 valence electrons. The number of hydrogen-bond donors (Lipinski definition) is 1. The van der Waals surface area contributed by atoms with Gasteiger partial charge in [0, 0.05) is 32.9 Å². The number of nitrogen functional groups attached to an aromatic ring is 1. The Bertz CT molecular complexity index is 310. The maximum atomic E-state index is 5.59. The fraction of sp³-hybridized carbons (Fsp3) is 0.500. The van der Waals surface area contributed by atoms with Crippen molar-refractivity contribution in [3.05, 3.63) is 23.9 Å². The molecule has 1 aromatic heterocycles. The largest absolute Gasteiger partial charge is 0.384 e. The number of ether oxygens (including phenoxy) is 1. The molecule has 1 aromatic rings. The predicted molar refractivity (Wildman–Crippen MR) is 54.7 cm³/mol. The smallest absolute Gasteiger partial charge is 0.123 e. The van der Waals surface area contributed by atoms with E-state index in [4.69, 9.17) is 10.5 Å². The molecule has 0 radical (unpaired) electrons. The summed E-state index contributed by atoms with van der Waals surface area (Å²) in [5.74, 6) is 0.589. The molecule has 1 aliphatic rings. The van der Waals surface area contributed by atoms with Gasteiger partial charge in [0.15, 0.2) is 0 Å². The molecule has 1 aliphatic heterocycles. The lowest BCUT2D eigenvalue weighted by Gasteiger charge is -2.38. The van der Waals surface area contributed by atoms with Crippen LogP contribution in [0, 0.1) is 0 Å². The number of methoxy groups -OCH3 is 1. The second-order valence-electron chi connectivity index (χ2n) is 3.64. The Labute approximate surface area is 83.7 Å². The van der Waals surface area contributed by atoms with Gasteiger partial charge in [-0.3, -0.25) is 4.90 Å². The van der Waals surface area contributed by atoms with Crippen LogP contribution in [-0.2, 0) is 11.3 Å². The Hall–Kier alpha value is -1.13. The number of likely N-dealkylation sites (tertiary alicyclic amines) is 1. The van der Waals surface area contributed by atoms with Crippen LogP contribution in [0.1, 0.15) is 5.56 Å². The summed E-state index contributed by atoms with van der Waals surface area (Å²) in [5.41, 5.74) is 6.81. The van der Waals surface area contributed by atoms with Crippen LogP contribution in [0.5, 0.6) is 0 Å². The second kappa shape index (κ2) is 3.94. The SMILES string of the molecule is COC1CN(Cc2ccnc(N)c2)C1. The zero-order chi connectivity index (χ0) is 9.97. The Morgan fingerprint density at radius 3 is 3.07 bits per heavy atom. The van der Waals surface area contributed by atoms with Crippen molar-refractivity contribution in [2.75, 3.05) is 25.9 Å². The Morgan fingerprint density at radius 2 is 2.43 bits per heavy atom. The molecule has 4 heteroatoms. The van der Waals surface area contributed by atoms with Crippen molar-refractivity contribution < 1.29 is 4.74 Å². The van der Waals surface area contributed by atoms with Gasteiger partial charge in [0.1, 0.15) is 5.82 Å². The molecule has 2 N–H and O–H groups in total. The predicted octanol–water partition coefficient (Wildman–Crippen LogP) is 0.494. The minimum atomic E-state index is 0.411. The third-order valence-corrected chi connectivity index (χ3v) is 2.51. The summed E-state index contributed by atoms with van der Waals surface area (Å²) in [6.45, 7) is 2.96. The Kier molecular flexibility index (Phi) is 2.65. The highest BCUT2D eigenvalue weighted by Gasteiger charge is 2.25. The van der Waals surface area contributed by atoms with Gasteiger partial charge in [-0.2, -0.15) is 0 Å². The highest BCUT2D eigenvalue weighted by molar-refractivity contribution is 5.31. The first-order chi connectivity index (χ1) is 6.78. The summed E-state index contributed by atoms with van der Waals surface area (Å²) in [5, 5.41) is 0. The number of hydrogen-bond acceptors (Lipinski definition) is 4. The van der Waals surface area contributed by atoms with Gasteiger partial charge in [0.25, 0.3) is 0 Å². The molecular formula is C10H15N3O. The summed E-state index contributed by atoms with van der Waals surface area (Å²) < 4.78 is 5.20. The Balaban J connectivity index is 1.87. The van der Waals surface area contributed by atoms with E-state index in [0.717, 1.165) is 19.6 Å². The maximum absolute atomic E-state index is 5.59. The molecule has 0 bridgehead atoms. The summed E-state index contributed by atoms with van der Waals surface area (Å²) in [4.78, 5) is 6.28. The number of nitrogens with zero attached hydrogens (tertiary/aromatic N) is 2. The highest BCUT2D eigenvalue weighted by atomic mass is 16.5. The molecule has 14 heavy (non-hydrogen) atoms. The van der Waals surface area contributed by atoms with E-state index in [1.165, 1.54) is 5.56 Å². The van der Waals surface area contributed by atoms with Crippen LogP contribution < -0.4 is 5.73 Å². The van der Waals surface area contributed by atoms with Gasteiger partial charge in [-0.25, -0.2) is 4.98 Å². The molecule has 0 amide bonds. The van der Waals surface area contributed by atoms with Crippen LogP contribution in [0.25, 0.3) is 0 Å². The lowest BCUT2D eigenvalue weighted by atomic mass is 10.1. The highest BCUT2D eigenvalue weighted by Crippen LogP contribution is 2.15. The number of anilines is 1. The van der Waals surface area contributed by atoms with Gasteiger partial charge in [0.2, 0.25) is 0 Å². The first kappa shape index (κ1) is 9.43. The minimum absolute atomic E-state index is 0.411. The van der Waals surface area contributed by atoms with Gasteiger partial charge in [-0.15, -0.1) is 0 Å². The van der Waals surface area contributed by atoms with E-state index in [1.807, 2.05) is 12.1 Å². The van der Waals surface area contributed by atoms with E-state index < -0.39 is 0 Å². The van der Waals surface area contributed by atoms with Crippen molar-refractivity contribution >= 4 is 5.82 Å². The molecule has 0 aliphatic carbocycles. The second-order valence-corrected chi connectivity index (χ2v) is 3.64. The molecule has 1 saturated heterocycles. The zero-order valence-corrected chi connectivity index (χ0v) is 8.31. The first-order valence-electron chi connectivity index (χ1n) is 4.73. The van der Waals surface area contributed by atoms with E-state index >= 15 is 0 Å². The quantitative estimate of drug-likeness (QED) is 0.759. The maximum Gasteiger partial charge on any atom is 0.123 e. The van der Waals surface area contributed by atoms with E-state index in [-0.39, 0.29) is 0 Å². The van der Waals surface area contributed by atoms with E-state index in [9.17, 15) is 0 Å². The number of pyridine rings is 1. The number of aromatic nitrogens is 1. The van der Waals surface area contributed by atoms with E-state index in [1.54, 1.807) is 13.3 Å². The first-order valence-corrected chi connectivity index (χ1v) is 4.73. The molecule has 4 nitrogen and oxygen atoms in total. The number of rotatable bonds is 3. The van der Waals surface area contributed by atoms with Crippen LogP contribution in [0.3, 0.4) is 0 Å². The third-order valence-electron chi connectivity index (χ3n) is 2.51. The molecule has 0 atom stereocenters. The molecule has 2 heterocycles. The van der Waals surface area contributed by atoms with Crippen LogP contribution >= 0.6 is 0 Å². The average Bonchev–Trinajstić information content (AvgIpc) is 2.10. The van der Waals surface area contributed by atoms with E-state index in [2.05, 4.69) is 9.88 Å². The van der Waals surface area contributed by atoms with Crippen molar-refractivity contribution in [2.24, 2.45) is 0 Å². The third kappa shape index (κ3) is 2.02.